The summed E-state index contributed by atoms with van der Waals surface area (Å²) < 4.78 is 95.1. The second kappa shape index (κ2) is 9.94. The van der Waals surface area contributed by atoms with E-state index in [0.29, 0.717) is 0 Å². The molecule has 0 amide bonds. The molecular formula is C8H9F6INaO5P. The van der Waals surface area contributed by atoms with Crippen LogP contribution in [0.4, 0.5) is 26.3 Å². The summed E-state index contributed by atoms with van der Waals surface area (Å²) in [6, 6.07) is 0. The van der Waals surface area contributed by atoms with Crippen LogP contribution in [-0.4, -0.2) is 38.1 Å². The van der Waals surface area contributed by atoms with Gasteiger partial charge in [0.2, 0.25) is 7.60 Å². The fourth-order valence-corrected chi connectivity index (χ4v) is 2.98. The van der Waals surface area contributed by atoms with Gasteiger partial charge in [-0.05, 0) is 6.92 Å². The molecule has 22 heavy (non-hydrogen) atoms. The van der Waals surface area contributed by atoms with Crippen molar-refractivity contribution in [3.05, 3.63) is 3.67 Å². The molecule has 0 heterocycles. The quantitative estimate of drug-likeness (QED) is 0.135. The van der Waals surface area contributed by atoms with E-state index >= 15 is 0 Å². The molecule has 0 aliphatic heterocycles. The Bertz CT molecular complexity index is 381. The van der Waals surface area contributed by atoms with Crippen molar-refractivity contribution in [1.29, 1.82) is 0 Å². The Kier molecular flexibility index (Phi) is 11.3. The van der Waals surface area contributed by atoms with Crippen LogP contribution < -0.4 is 29.6 Å². The molecule has 14 heteroatoms. The van der Waals surface area contributed by atoms with Gasteiger partial charge in [-0.25, -0.2) is 0 Å². The first-order valence-electron chi connectivity index (χ1n) is 5.03. The van der Waals surface area contributed by atoms with Gasteiger partial charge in [-0.2, -0.15) is 26.3 Å². The number of ether oxygens (including phenoxy) is 1. The largest absolute Gasteiger partial charge is 1.00 e. The maximum absolute atomic E-state index is 12.0. The van der Waals surface area contributed by atoms with E-state index < -0.39 is 42.8 Å². The van der Waals surface area contributed by atoms with E-state index in [2.05, 4.69) is 13.8 Å². The normalized spacial score (nSPS) is 12.5. The summed E-state index contributed by atoms with van der Waals surface area (Å²) in [6.07, 6.45) is -9.94. The van der Waals surface area contributed by atoms with Gasteiger partial charge >= 0.3 is 41.9 Å². The number of carbonyl (C=O) groups is 1. The number of hydrogen-bond donors (Lipinski definition) is 0. The first kappa shape index (κ1) is 25.0. The van der Waals surface area contributed by atoms with E-state index in [-0.39, 0.29) is 36.2 Å². The van der Waals surface area contributed by atoms with Crippen LogP contribution >= 0.6 is 30.2 Å². The predicted octanol–water partition coefficient (Wildman–Crippen LogP) is 0.829. The summed E-state index contributed by atoms with van der Waals surface area (Å²) in [5, 5.41) is 0. The Morgan fingerprint density at radius 1 is 1.09 bits per heavy atom. The van der Waals surface area contributed by atoms with Crippen molar-refractivity contribution in [2.45, 2.75) is 19.3 Å². The smallest absolute Gasteiger partial charge is 0.487 e. The Hall–Kier alpha value is 0.800. The van der Waals surface area contributed by atoms with Gasteiger partial charge in [-0.1, -0.05) is 3.67 Å². The van der Waals surface area contributed by atoms with Gasteiger partial charge in [0.05, 0.1) is 6.61 Å². The molecule has 0 N–H and O–H groups in total. The fourth-order valence-electron chi connectivity index (χ4n) is 0.769. The third-order valence-electron chi connectivity index (χ3n) is 1.48. The Morgan fingerprint density at radius 2 is 1.45 bits per heavy atom. The predicted molar refractivity (Wildman–Crippen MR) is 65.5 cm³/mol. The van der Waals surface area contributed by atoms with Crippen molar-refractivity contribution in [2.24, 2.45) is 0 Å². The van der Waals surface area contributed by atoms with Crippen molar-refractivity contribution in [3.8, 4) is 0 Å². The van der Waals surface area contributed by atoms with Gasteiger partial charge in [0.1, 0.15) is 13.2 Å². The molecule has 0 saturated heterocycles. The van der Waals surface area contributed by atoms with E-state index in [1.807, 2.05) is 0 Å². The van der Waals surface area contributed by atoms with Crippen molar-refractivity contribution in [2.75, 3.05) is 19.8 Å². The van der Waals surface area contributed by atoms with E-state index in [1.165, 1.54) is 6.92 Å². The molecule has 0 aliphatic rings. The average Bonchev–Trinajstić information content (AvgIpc) is 2.31. The molecule has 0 fully saturated rings. The fraction of sp³-hybridized carbons (Fsp3) is 0.750. The molecule has 126 valence electrons. The standard InChI is InChI=1S/C8H9F6IO5P.Na/c1-2-18-6(16)5(15)21(17,19-3-7(9,10)11)20-4-8(12,13)14;/h2-4H2,1H3;/q-1;+1. The monoisotopic (exact) mass is 480 g/mol. The molecule has 0 radical (unpaired) electrons. The third kappa shape index (κ3) is 10.6. The summed E-state index contributed by atoms with van der Waals surface area (Å²) in [7, 11) is -5.10. The number of esters is 1. The van der Waals surface area contributed by atoms with Crippen LogP contribution in [0.2, 0.25) is 0 Å². The first-order valence-corrected chi connectivity index (χ1v) is 7.65. The van der Waals surface area contributed by atoms with Crippen LogP contribution in [0.1, 0.15) is 6.92 Å². The maximum Gasteiger partial charge on any atom is 1.00 e. The molecule has 0 aromatic heterocycles. The summed E-state index contributed by atoms with van der Waals surface area (Å²) in [5.41, 5.74) is 0. The second-order valence-corrected chi connectivity index (χ2v) is 7.18. The third-order valence-corrected chi connectivity index (χ3v) is 5.30. The Labute approximate surface area is 157 Å². The molecular weight excluding hydrogens is 471 g/mol. The molecule has 0 aliphatic carbocycles. The van der Waals surface area contributed by atoms with Crippen LogP contribution in [0.5, 0.6) is 0 Å². The molecule has 0 spiro atoms. The van der Waals surface area contributed by atoms with E-state index in [1.54, 1.807) is 0 Å². The molecule has 0 aromatic carbocycles. The number of rotatable bonds is 7. The summed E-state index contributed by atoms with van der Waals surface area (Å²) >= 11 is 0.967. The second-order valence-electron chi connectivity index (χ2n) is 3.29. The molecule has 0 rings (SSSR count). The van der Waals surface area contributed by atoms with Gasteiger partial charge < -0.3 is 13.8 Å². The number of carbonyl (C=O) groups excluding carboxylic acids is 1. The Morgan fingerprint density at radius 3 is 1.73 bits per heavy atom. The SMILES string of the molecule is CCOC(=O)[C-](I)P(=O)(OCC(F)(F)F)OCC(F)(F)F.[Na+]. The summed E-state index contributed by atoms with van der Waals surface area (Å²) in [5.74, 6) is -1.38. The maximum atomic E-state index is 12.0. The van der Waals surface area contributed by atoms with Gasteiger partial charge in [0.25, 0.3) is 0 Å². The zero-order chi connectivity index (χ0) is 16.9. The molecule has 0 unspecified atom stereocenters. The van der Waals surface area contributed by atoms with E-state index in [4.69, 9.17) is 0 Å². The number of hydrogen-bond acceptors (Lipinski definition) is 5. The summed E-state index contributed by atoms with van der Waals surface area (Å²) in [6.45, 7) is -3.19. The van der Waals surface area contributed by atoms with Crippen LogP contribution in [0, 0.1) is 3.67 Å². The zero-order valence-electron chi connectivity index (χ0n) is 11.3. The number of alkyl halides is 6. The topological polar surface area (TPSA) is 61.8 Å². The molecule has 0 atom stereocenters. The summed E-state index contributed by atoms with van der Waals surface area (Å²) in [4.78, 5) is 11.3. The number of halogens is 7. The van der Waals surface area contributed by atoms with Crippen molar-refractivity contribution < 1.29 is 79.0 Å². The molecule has 5 nitrogen and oxygen atoms in total. The minimum absolute atomic E-state index is 0. The van der Waals surface area contributed by atoms with Crippen molar-refractivity contribution in [1.82, 2.24) is 0 Å². The van der Waals surface area contributed by atoms with Crippen molar-refractivity contribution in [3.63, 3.8) is 0 Å². The molecule has 0 bridgehead atoms. The van der Waals surface area contributed by atoms with Gasteiger partial charge in [-0.3, -0.25) is 32.0 Å². The van der Waals surface area contributed by atoms with Crippen LogP contribution in [0.25, 0.3) is 0 Å². The Balaban J connectivity index is 0. The van der Waals surface area contributed by atoms with Crippen LogP contribution in [0.3, 0.4) is 0 Å². The van der Waals surface area contributed by atoms with Gasteiger partial charge in [-0.15, -0.1) is 0 Å². The first-order chi connectivity index (χ1) is 9.31. The van der Waals surface area contributed by atoms with Crippen LogP contribution in [0.15, 0.2) is 0 Å². The minimum atomic E-state index is -5.10. The van der Waals surface area contributed by atoms with Crippen molar-refractivity contribution >= 4 is 36.2 Å². The van der Waals surface area contributed by atoms with E-state index in [0.717, 1.165) is 22.6 Å². The minimum Gasteiger partial charge on any atom is -0.487 e. The molecule has 0 saturated carbocycles. The van der Waals surface area contributed by atoms with Gasteiger partial charge in [0, 0.05) is 0 Å². The molecule has 0 aromatic rings. The van der Waals surface area contributed by atoms with E-state index in [9.17, 15) is 35.7 Å². The van der Waals surface area contributed by atoms with Crippen LogP contribution in [-0.2, 0) is 23.1 Å². The zero-order valence-corrected chi connectivity index (χ0v) is 16.3. The van der Waals surface area contributed by atoms with Gasteiger partial charge in [0.15, 0.2) is 5.97 Å². The average molecular weight is 480 g/mol.